The maximum Gasteiger partial charge on any atom is 0.309 e. The predicted octanol–water partition coefficient (Wildman–Crippen LogP) is 2.15. The highest BCUT2D eigenvalue weighted by Crippen LogP contribution is 2.60. The SMILES string of the molecule is N#Cc1ccc(CN2CCO[C@@H](C(=O)NC3C4CC5CC3CC(C(=O)O)(C5)C4)C2)cc1. The van der Waals surface area contributed by atoms with Gasteiger partial charge in [-0.15, -0.1) is 0 Å². The van der Waals surface area contributed by atoms with Gasteiger partial charge in [0.25, 0.3) is 5.91 Å². The van der Waals surface area contributed by atoms with Crippen LogP contribution in [-0.4, -0.2) is 53.7 Å². The summed E-state index contributed by atoms with van der Waals surface area (Å²) in [6, 6.07) is 9.75. The number of aliphatic carboxylic acids is 1. The highest BCUT2D eigenvalue weighted by Gasteiger charge is 2.59. The third-order valence-corrected chi connectivity index (χ3v) is 7.97. The van der Waals surface area contributed by atoms with Crippen LogP contribution in [-0.2, 0) is 20.9 Å². The fourth-order valence-electron chi connectivity index (χ4n) is 6.73. The van der Waals surface area contributed by atoms with Crippen LogP contribution in [0.4, 0.5) is 0 Å². The minimum atomic E-state index is -0.647. The van der Waals surface area contributed by atoms with E-state index in [0.29, 0.717) is 37.5 Å². The van der Waals surface area contributed by atoms with E-state index in [9.17, 15) is 14.7 Å². The largest absolute Gasteiger partial charge is 0.481 e. The molecule has 164 valence electrons. The molecular formula is C24H29N3O4. The lowest BCUT2D eigenvalue weighted by Gasteiger charge is -2.58. The Labute approximate surface area is 182 Å². The molecule has 3 atom stereocenters. The van der Waals surface area contributed by atoms with Crippen LogP contribution in [0.2, 0.25) is 0 Å². The van der Waals surface area contributed by atoms with Crippen LogP contribution in [0.25, 0.3) is 0 Å². The maximum atomic E-state index is 13.1. The molecule has 1 saturated heterocycles. The number of hydrogen-bond donors (Lipinski definition) is 2. The first-order valence-electron chi connectivity index (χ1n) is 11.3. The number of carboxylic acids is 1. The number of nitrogens with one attached hydrogen (secondary N) is 1. The van der Waals surface area contributed by atoms with Crippen LogP contribution in [0.3, 0.4) is 0 Å². The number of carbonyl (C=O) groups excluding carboxylic acids is 1. The topological polar surface area (TPSA) is 103 Å². The molecule has 1 heterocycles. The zero-order chi connectivity index (χ0) is 21.6. The quantitative estimate of drug-likeness (QED) is 0.752. The summed E-state index contributed by atoms with van der Waals surface area (Å²) in [5, 5.41) is 22.0. The summed E-state index contributed by atoms with van der Waals surface area (Å²) in [4.78, 5) is 27.2. The third kappa shape index (κ3) is 3.83. The highest BCUT2D eigenvalue weighted by molar-refractivity contribution is 5.82. The molecule has 2 N–H and O–H groups in total. The summed E-state index contributed by atoms with van der Waals surface area (Å²) in [7, 11) is 0. The number of carboxylic acid groups (broad SMARTS) is 1. The molecule has 4 bridgehead atoms. The molecule has 31 heavy (non-hydrogen) atoms. The summed E-state index contributed by atoms with van der Waals surface area (Å²) >= 11 is 0. The van der Waals surface area contributed by atoms with Crippen molar-refractivity contribution in [3.05, 3.63) is 35.4 Å². The molecule has 5 fully saturated rings. The van der Waals surface area contributed by atoms with Crippen molar-refractivity contribution in [1.29, 1.82) is 5.26 Å². The lowest BCUT2D eigenvalue weighted by atomic mass is 9.48. The Balaban J connectivity index is 1.20. The van der Waals surface area contributed by atoms with Crippen molar-refractivity contribution in [2.24, 2.45) is 23.2 Å². The summed E-state index contributed by atoms with van der Waals surface area (Å²) < 4.78 is 5.80. The number of nitrogens with zero attached hydrogens (tertiary/aromatic N) is 2. The first-order chi connectivity index (χ1) is 15.0. The average molecular weight is 424 g/mol. The van der Waals surface area contributed by atoms with Crippen LogP contribution >= 0.6 is 0 Å². The normalized spacial score (nSPS) is 36.7. The number of ether oxygens (including phenoxy) is 1. The third-order valence-electron chi connectivity index (χ3n) is 7.97. The van der Waals surface area contributed by atoms with Crippen molar-refractivity contribution in [1.82, 2.24) is 10.2 Å². The molecule has 0 aromatic heterocycles. The Kier molecular flexibility index (Phi) is 5.23. The van der Waals surface area contributed by atoms with Gasteiger partial charge in [-0.25, -0.2) is 0 Å². The van der Waals surface area contributed by atoms with Crippen LogP contribution in [0.1, 0.15) is 43.2 Å². The fraction of sp³-hybridized carbons (Fsp3) is 0.625. The van der Waals surface area contributed by atoms with E-state index in [4.69, 9.17) is 10.00 Å². The summed E-state index contributed by atoms with van der Waals surface area (Å²) in [5.41, 5.74) is 1.19. The first-order valence-corrected chi connectivity index (χ1v) is 11.3. The van der Waals surface area contributed by atoms with E-state index >= 15 is 0 Å². The molecule has 4 saturated carbocycles. The van der Waals surface area contributed by atoms with E-state index in [1.165, 1.54) is 0 Å². The van der Waals surface area contributed by atoms with Gasteiger partial charge in [0, 0.05) is 25.7 Å². The maximum absolute atomic E-state index is 13.1. The van der Waals surface area contributed by atoms with E-state index in [-0.39, 0.29) is 23.8 Å². The smallest absolute Gasteiger partial charge is 0.309 e. The molecule has 4 aliphatic carbocycles. The van der Waals surface area contributed by atoms with Gasteiger partial charge in [0.15, 0.2) is 0 Å². The van der Waals surface area contributed by atoms with E-state index < -0.39 is 17.5 Å². The summed E-state index contributed by atoms with van der Waals surface area (Å²) in [5.74, 6) is 0.321. The minimum Gasteiger partial charge on any atom is -0.481 e. The monoisotopic (exact) mass is 423 g/mol. The summed E-state index contributed by atoms with van der Waals surface area (Å²) in [6.45, 7) is 2.53. The Morgan fingerprint density at radius 2 is 1.90 bits per heavy atom. The van der Waals surface area contributed by atoms with Crippen molar-refractivity contribution >= 4 is 11.9 Å². The lowest BCUT2D eigenvalue weighted by molar-refractivity contribution is -0.168. The van der Waals surface area contributed by atoms with Gasteiger partial charge in [-0.3, -0.25) is 14.5 Å². The second-order valence-electron chi connectivity index (χ2n) is 9.99. The standard InChI is InChI=1S/C24H29N3O4/c25-12-15-1-3-16(4-2-15)13-27-5-6-31-20(14-27)22(28)26-21-18-7-17-8-19(21)11-24(9-17,10-18)23(29)30/h1-4,17-21H,5-11,13-14H2,(H,26,28)(H,29,30)/t17?,18?,19?,20-,21?,24?/m1/s1. The van der Waals surface area contributed by atoms with Gasteiger partial charge >= 0.3 is 5.97 Å². The summed E-state index contributed by atoms with van der Waals surface area (Å²) in [6.07, 6.45) is 3.76. The number of rotatable bonds is 5. The Bertz CT molecular complexity index is 892. The van der Waals surface area contributed by atoms with Gasteiger partial charge in [0.05, 0.1) is 23.7 Å². The molecule has 1 amide bonds. The van der Waals surface area contributed by atoms with Crippen LogP contribution < -0.4 is 5.32 Å². The highest BCUT2D eigenvalue weighted by atomic mass is 16.5. The van der Waals surface area contributed by atoms with Gasteiger partial charge < -0.3 is 15.2 Å². The van der Waals surface area contributed by atoms with Gasteiger partial charge in [-0.1, -0.05) is 12.1 Å². The molecule has 0 radical (unpaired) electrons. The molecule has 0 spiro atoms. The number of amides is 1. The van der Waals surface area contributed by atoms with E-state index in [0.717, 1.165) is 37.9 Å². The molecule has 7 nitrogen and oxygen atoms in total. The van der Waals surface area contributed by atoms with E-state index in [2.05, 4.69) is 16.3 Å². The predicted molar refractivity (Wildman–Crippen MR) is 112 cm³/mol. The average Bonchev–Trinajstić information content (AvgIpc) is 2.76. The Morgan fingerprint density at radius 3 is 2.55 bits per heavy atom. The van der Waals surface area contributed by atoms with Gasteiger partial charge in [-0.05, 0) is 67.6 Å². The molecule has 1 aliphatic heterocycles. The zero-order valence-corrected chi connectivity index (χ0v) is 17.6. The molecule has 7 heteroatoms. The van der Waals surface area contributed by atoms with Gasteiger partial charge in [0.2, 0.25) is 0 Å². The number of hydrogen-bond acceptors (Lipinski definition) is 5. The van der Waals surface area contributed by atoms with Crippen molar-refractivity contribution in [2.45, 2.75) is 50.8 Å². The van der Waals surface area contributed by atoms with Crippen molar-refractivity contribution < 1.29 is 19.4 Å². The van der Waals surface area contributed by atoms with Crippen LogP contribution in [0, 0.1) is 34.5 Å². The van der Waals surface area contributed by atoms with Crippen LogP contribution in [0.5, 0.6) is 0 Å². The molecule has 1 aromatic rings. The van der Waals surface area contributed by atoms with Crippen molar-refractivity contribution in [3.63, 3.8) is 0 Å². The molecule has 6 rings (SSSR count). The number of carbonyl (C=O) groups is 2. The zero-order valence-electron chi connectivity index (χ0n) is 17.6. The number of morpholine rings is 1. The first kappa shape index (κ1) is 20.5. The number of nitriles is 1. The van der Waals surface area contributed by atoms with Crippen LogP contribution in [0.15, 0.2) is 24.3 Å². The second kappa shape index (κ2) is 7.92. The van der Waals surface area contributed by atoms with E-state index in [1.807, 2.05) is 24.3 Å². The second-order valence-corrected chi connectivity index (χ2v) is 9.99. The van der Waals surface area contributed by atoms with Gasteiger partial charge in [-0.2, -0.15) is 5.26 Å². The lowest BCUT2D eigenvalue weighted by Crippen LogP contribution is -2.62. The minimum absolute atomic E-state index is 0.0635. The molecule has 5 aliphatic rings. The van der Waals surface area contributed by atoms with Crippen molar-refractivity contribution in [3.8, 4) is 6.07 Å². The molecule has 1 aromatic carbocycles. The molecule has 2 unspecified atom stereocenters. The van der Waals surface area contributed by atoms with Gasteiger partial charge in [0.1, 0.15) is 6.10 Å². The molecular weight excluding hydrogens is 394 g/mol. The van der Waals surface area contributed by atoms with Crippen molar-refractivity contribution in [2.75, 3.05) is 19.7 Å². The Hall–Kier alpha value is -2.43. The number of benzene rings is 1. The van der Waals surface area contributed by atoms with E-state index in [1.54, 1.807) is 0 Å². The Morgan fingerprint density at radius 1 is 1.19 bits per heavy atom. The fourth-order valence-corrected chi connectivity index (χ4v) is 6.73.